The lowest BCUT2D eigenvalue weighted by Crippen LogP contribution is -2.31. The molecular weight excluding hydrogens is 576 g/mol. The minimum Gasteiger partial charge on any atom is -0.492 e. The Bertz CT molecular complexity index is 1550. The van der Waals surface area contributed by atoms with Gasteiger partial charge in [0.2, 0.25) is 5.91 Å². The molecule has 3 atom stereocenters. The Morgan fingerprint density at radius 1 is 1.16 bits per heavy atom. The van der Waals surface area contributed by atoms with Crippen LogP contribution < -0.4 is 25.4 Å². The Hall–Kier alpha value is -4.26. The molecule has 3 N–H and O–H groups in total. The first-order chi connectivity index (χ1) is 21.3. The highest BCUT2D eigenvalue weighted by Gasteiger charge is 2.30. The van der Waals surface area contributed by atoms with Crippen molar-refractivity contribution in [2.24, 2.45) is 10.9 Å². The minimum absolute atomic E-state index is 0.0941. The maximum absolute atomic E-state index is 12.8. The van der Waals surface area contributed by atoms with Gasteiger partial charge in [-0.2, -0.15) is 5.26 Å². The normalized spacial score (nSPS) is 18.4. The summed E-state index contributed by atoms with van der Waals surface area (Å²) in [5.74, 6) is 0.502. The van der Waals surface area contributed by atoms with Crippen molar-refractivity contribution in [3.8, 4) is 17.6 Å². The Labute approximate surface area is 264 Å². The van der Waals surface area contributed by atoms with Crippen LogP contribution in [0.25, 0.3) is 0 Å². The molecule has 0 fully saturated rings. The van der Waals surface area contributed by atoms with Crippen molar-refractivity contribution >= 4 is 46.5 Å². The fourth-order valence-corrected chi connectivity index (χ4v) is 5.74. The lowest BCUT2D eigenvalue weighted by molar-refractivity contribution is -0.116. The van der Waals surface area contributed by atoms with E-state index in [4.69, 9.17) is 21.1 Å². The molecule has 2 aliphatic rings. The van der Waals surface area contributed by atoms with E-state index in [0.29, 0.717) is 47.5 Å². The summed E-state index contributed by atoms with van der Waals surface area (Å²) < 4.78 is 12.0. The molecular formula is C34H39ClN6O3. The van der Waals surface area contributed by atoms with Crippen LogP contribution in [0, 0.1) is 17.2 Å². The van der Waals surface area contributed by atoms with Gasteiger partial charge in [0.25, 0.3) is 0 Å². The molecule has 1 amide bonds. The first-order valence-electron chi connectivity index (χ1n) is 15.1. The predicted octanol–water partition coefficient (Wildman–Crippen LogP) is 6.83. The number of nitrogens with zero attached hydrogens (tertiary/aromatic N) is 3. The summed E-state index contributed by atoms with van der Waals surface area (Å²) in [5.41, 5.74) is 5.23. The van der Waals surface area contributed by atoms with Crippen LogP contribution in [0.3, 0.4) is 0 Å². The van der Waals surface area contributed by atoms with Gasteiger partial charge in [0, 0.05) is 35.6 Å². The third kappa shape index (κ3) is 7.62. The largest absolute Gasteiger partial charge is 0.492 e. The number of para-hydroxylation sites is 1. The molecule has 9 nitrogen and oxygen atoms in total. The first-order valence-corrected chi connectivity index (χ1v) is 15.4. The van der Waals surface area contributed by atoms with E-state index in [2.05, 4.69) is 45.2 Å². The second-order valence-electron chi connectivity index (χ2n) is 11.3. The van der Waals surface area contributed by atoms with Gasteiger partial charge in [0.1, 0.15) is 24.0 Å². The van der Waals surface area contributed by atoms with Crippen LogP contribution in [0.1, 0.15) is 43.4 Å². The predicted molar refractivity (Wildman–Crippen MR) is 177 cm³/mol. The number of ether oxygens (including phenoxy) is 2. The highest BCUT2D eigenvalue weighted by molar-refractivity contribution is 6.32. The van der Waals surface area contributed by atoms with Gasteiger partial charge in [0.15, 0.2) is 0 Å². The fourth-order valence-electron chi connectivity index (χ4n) is 5.51. The molecule has 0 saturated heterocycles. The number of benzene rings is 3. The Morgan fingerprint density at radius 3 is 2.77 bits per heavy atom. The number of nitrogens with one attached hydrogen (secondary N) is 3. The van der Waals surface area contributed by atoms with Gasteiger partial charge in [-0.1, -0.05) is 29.8 Å². The molecule has 0 saturated carbocycles. The molecule has 2 aliphatic heterocycles. The lowest BCUT2D eigenvalue weighted by atomic mass is 9.90. The van der Waals surface area contributed by atoms with Crippen molar-refractivity contribution in [2.75, 3.05) is 49.8 Å². The SMILES string of the molecule is CCOc1cc2c(cc1NC(=O)CCCN(C)C)C(Nc1ccc(OCC3CCc4ccccc4N3)c(Cl)c1)C(C#N)C=N2. The van der Waals surface area contributed by atoms with E-state index < -0.39 is 12.0 Å². The molecule has 0 aromatic heterocycles. The second-order valence-corrected chi connectivity index (χ2v) is 11.8. The molecule has 5 rings (SSSR count). The lowest BCUT2D eigenvalue weighted by Gasteiger charge is -2.29. The summed E-state index contributed by atoms with van der Waals surface area (Å²) >= 11 is 6.67. The van der Waals surface area contributed by atoms with Gasteiger partial charge in [0.05, 0.1) is 41.2 Å². The highest BCUT2D eigenvalue weighted by Crippen LogP contribution is 2.43. The van der Waals surface area contributed by atoms with Gasteiger partial charge in [-0.15, -0.1) is 0 Å². The molecule has 2 heterocycles. The summed E-state index contributed by atoms with van der Waals surface area (Å²) in [6.07, 6.45) is 4.76. The maximum atomic E-state index is 12.8. The van der Waals surface area contributed by atoms with Gasteiger partial charge < -0.3 is 30.3 Å². The minimum atomic E-state index is -0.543. The third-order valence-electron chi connectivity index (χ3n) is 7.76. The number of hydrogen-bond acceptors (Lipinski definition) is 8. The molecule has 0 bridgehead atoms. The summed E-state index contributed by atoms with van der Waals surface area (Å²) in [6.45, 7) is 3.64. The quantitative estimate of drug-likeness (QED) is 0.205. The molecule has 0 radical (unpaired) electrons. The number of halogens is 1. The molecule has 230 valence electrons. The Morgan fingerprint density at radius 2 is 2.00 bits per heavy atom. The topological polar surface area (TPSA) is 111 Å². The highest BCUT2D eigenvalue weighted by atomic mass is 35.5. The van der Waals surface area contributed by atoms with Gasteiger partial charge in [-0.3, -0.25) is 9.79 Å². The molecule has 0 aliphatic carbocycles. The molecule has 10 heteroatoms. The van der Waals surface area contributed by atoms with Crippen LogP contribution in [0.15, 0.2) is 59.6 Å². The number of fused-ring (bicyclic) bond motifs is 2. The summed E-state index contributed by atoms with van der Waals surface area (Å²) in [5, 5.41) is 20.5. The van der Waals surface area contributed by atoms with E-state index in [-0.39, 0.29) is 11.9 Å². The first kappa shape index (κ1) is 31.2. The van der Waals surface area contributed by atoms with Crippen molar-refractivity contribution in [1.82, 2.24) is 4.90 Å². The van der Waals surface area contributed by atoms with E-state index >= 15 is 0 Å². The molecule has 0 spiro atoms. The standard InChI is InChI=1S/C34H39ClN6O3/c1-4-43-32-18-29-26(17-30(32)40-33(42)10-7-15-41(2)3)34(23(19-36)20-37-29)39-24-13-14-31(27(35)16-24)44-21-25-12-11-22-8-5-6-9-28(22)38-25/h5-6,8-9,13-14,16-18,20,23,25,34,38-39H,4,7,10-12,15,21H2,1-3H3,(H,40,42). The maximum Gasteiger partial charge on any atom is 0.224 e. The monoisotopic (exact) mass is 614 g/mol. The van der Waals surface area contributed by atoms with Crippen LogP contribution in [-0.2, 0) is 11.2 Å². The van der Waals surface area contributed by atoms with Crippen molar-refractivity contribution < 1.29 is 14.3 Å². The van der Waals surface area contributed by atoms with Crippen molar-refractivity contribution in [3.05, 3.63) is 70.7 Å². The third-order valence-corrected chi connectivity index (χ3v) is 8.06. The van der Waals surface area contributed by atoms with E-state index in [9.17, 15) is 10.1 Å². The van der Waals surface area contributed by atoms with Gasteiger partial charge in [-0.05, 0) is 82.7 Å². The van der Waals surface area contributed by atoms with Crippen molar-refractivity contribution in [2.45, 2.75) is 44.7 Å². The molecule has 3 aromatic rings. The molecule has 3 aromatic carbocycles. The average Bonchev–Trinajstić information content (AvgIpc) is 3.01. The Balaban J connectivity index is 1.30. The molecule has 44 heavy (non-hydrogen) atoms. The zero-order valence-corrected chi connectivity index (χ0v) is 26.2. The number of nitriles is 1. The molecule has 3 unspecified atom stereocenters. The number of carbonyl (C=O) groups excluding carboxylic acids is 1. The zero-order valence-electron chi connectivity index (χ0n) is 25.4. The number of hydrogen-bond donors (Lipinski definition) is 3. The van der Waals surface area contributed by atoms with Crippen LogP contribution >= 0.6 is 11.6 Å². The van der Waals surface area contributed by atoms with Crippen molar-refractivity contribution in [1.29, 1.82) is 5.26 Å². The van der Waals surface area contributed by atoms with E-state index in [0.717, 1.165) is 42.7 Å². The summed E-state index contributed by atoms with van der Waals surface area (Å²) in [6, 6.07) is 19.7. The summed E-state index contributed by atoms with van der Waals surface area (Å²) in [7, 11) is 3.96. The van der Waals surface area contributed by atoms with Crippen molar-refractivity contribution in [3.63, 3.8) is 0 Å². The second kappa shape index (κ2) is 14.5. The zero-order chi connectivity index (χ0) is 31.1. The summed E-state index contributed by atoms with van der Waals surface area (Å²) in [4.78, 5) is 19.4. The number of aryl methyl sites for hydroxylation is 1. The van der Waals surface area contributed by atoms with Gasteiger partial charge >= 0.3 is 0 Å². The van der Waals surface area contributed by atoms with Crippen LogP contribution in [0.2, 0.25) is 5.02 Å². The number of anilines is 3. The van der Waals surface area contributed by atoms with Crippen LogP contribution in [0.5, 0.6) is 11.5 Å². The van der Waals surface area contributed by atoms with E-state index in [1.807, 2.05) is 62.3 Å². The van der Waals surface area contributed by atoms with E-state index in [1.165, 1.54) is 5.56 Å². The number of amides is 1. The smallest absolute Gasteiger partial charge is 0.224 e. The fraction of sp³-hybridized carbons (Fsp3) is 0.382. The number of rotatable bonds is 12. The Kier molecular flexibility index (Phi) is 10.3. The number of carbonyl (C=O) groups is 1. The number of aliphatic imine (C=N–C) groups is 1. The van der Waals surface area contributed by atoms with Crippen LogP contribution in [-0.4, -0.2) is 56.9 Å². The van der Waals surface area contributed by atoms with Crippen LogP contribution in [0.4, 0.5) is 22.7 Å². The van der Waals surface area contributed by atoms with Gasteiger partial charge in [-0.25, -0.2) is 0 Å². The average molecular weight is 615 g/mol. The van der Waals surface area contributed by atoms with E-state index in [1.54, 1.807) is 6.21 Å².